The first kappa shape index (κ1) is 14.4. The summed E-state index contributed by atoms with van der Waals surface area (Å²) in [4.78, 5) is 7.52. The minimum atomic E-state index is -4.78. The fourth-order valence-corrected chi connectivity index (χ4v) is 1.69. The van der Waals surface area contributed by atoms with Crippen LogP contribution in [0.5, 0.6) is 0 Å². The summed E-state index contributed by atoms with van der Waals surface area (Å²) in [6.45, 7) is 0. The van der Waals surface area contributed by atoms with Crippen molar-refractivity contribution < 1.29 is 18.1 Å². The highest BCUT2D eigenvalue weighted by Gasteiger charge is 2.29. The van der Waals surface area contributed by atoms with Crippen molar-refractivity contribution in [2.75, 3.05) is 37.1 Å². The van der Waals surface area contributed by atoms with E-state index in [1.54, 1.807) is 21.1 Å². The SMILES string of the molecule is CNc1nc(C([O])S(=O)(=O)O)nc(NC)c1NC. The van der Waals surface area contributed by atoms with Crippen molar-refractivity contribution in [1.29, 1.82) is 0 Å². The zero-order chi connectivity index (χ0) is 13.9. The van der Waals surface area contributed by atoms with E-state index in [1.807, 2.05) is 0 Å². The molecule has 0 aliphatic carbocycles. The van der Waals surface area contributed by atoms with Crippen LogP contribution in [0.15, 0.2) is 0 Å². The smallest absolute Gasteiger partial charge is 0.303 e. The van der Waals surface area contributed by atoms with E-state index >= 15 is 0 Å². The Morgan fingerprint density at radius 2 is 1.50 bits per heavy atom. The standard InChI is InChI=1S/C8H14N5O4S/c1-9-4-5(10-2)12-7(13-6(4)11-3)8(14)18(15,16)17/h8-9H,1-3H3,(H,15,16,17)(H2,10,11,12,13). The highest BCUT2D eigenvalue weighted by Crippen LogP contribution is 2.29. The van der Waals surface area contributed by atoms with Gasteiger partial charge in [-0.1, -0.05) is 0 Å². The quantitative estimate of drug-likeness (QED) is 0.548. The first-order valence-corrected chi connectivity index (χ1v) is 6.42. The molecule has 1 atom stereocenters. The molecule has 0 saturated heterocycles. The van der Waals surface area contributed by atoms with E-state index in [0.29, 0.717) is 5.69 Å². The Labute approximate surface area is 104 Å². The highest BCUT2D eigenvalue weighted by molar-refractivity contribution is 7.85. The third-order valence-corrected chi connectivity index (χ3v) is 2.88. The Morgan fingerprint density at radius 3 is 1.78 bits per heavy atom. The van der Waals surface area contributed by atoms with E-state index in [2.05, 4.69) is 25.9 Å². The van der Waals surface area contributed by atoms with Crippen molar-refractivity contribution in [2.45, 2.75) is 5.44 Å². The van der Waals surface area contributed by atoms with Gasteiger partial charge in [0.15, 0.2) is 17.5 Å². The molecule has 0 amide bonds. The van der Waals surface area contributed by atoms with E-state index in [-0.39, 0.29) is 11.6 Å². The van der Waals surface area contributed by atoms with Crippen molar-refractivity contribution in [2.24, 2.45) is 0 Å². The van der Waals surface area contributed by atoms with E-state index in [0.717, 1.165) is 0 Å². The van der Waals surface area contributed by atoms with Crippen LogP contribution < -0.4 is 16.0 Å². The van der Waals surface area contributed by atoms with Crippen LogP contribution in [0.25, 0.3) is 0 Å². The molecular weight excluding hydrogens is 262 g/mol. The van der Waals surface area contributed by atoms with Gasteiger partial charge in [-0.3, -0.25) is 4.55 Å². The Hall–Kier alpha value is -1.65. The van der Waals surface area contributed by atoms with Crippen LogP contribution in [0, 0.1) is 0 Å². The van der Waals surface area contributed by atoms with Gasteiger partial charge in [0.05, 0.1) is 0 Å². The molecule has 9 nitrogen and oxygen atoms in total. The fourth-order valence-electron chi connectivity index (χ4n) is 1.32. The Morgan fingerprint density at radius 1 is 1.06 bits per heavy atom. The molecule has 0 aromatic carbocycles. The maximum atomic E-state index is 11.4. The van der Waals surface area contributed by atoms with Crippen LogP contribution in [0.2, 0.25) is 0 Å². The average molecular weight is 276 g/mol. The molecule has 1 heterocycles. The molecule has 0 aliphatic heterocycles. The number of aromatic nitrogens is 2. The molecule has 0 saturated carbocycles. The Balaban J connectivity index is 3.41. The average Bonchev–Trinajstić information content (AvgIpc) is 2.34. The predicted molar refractivity (Wildman–Crippen MR) is 65.6 cm³/mol. The zero-order valence-electron chi connectivity index (χ0n) is 10.1. The lowest BCUT2D eigenvalue weighted by molar-refractivity contribution is 0.139. The van der Waals surface area contributed by atoms with Crippen LogP contribution in [0.3, 0.4) is 0 Å². The largest absolute Gasteiger partial charge is 0.382 e. The van der Waals surface area contributed by atoms with Gasteiger partial charge >= 0.3 is 10.1 Å². The number of hydrogen-bond donors (Lipinski definition) is 4. The molecule has 1 aromatic rings. The molecule has 101 valence electrons. The maximum Gasteiger partial charge on any atom is 0.303 e. The third-order valence-electron chi connectivity index (χ3n) is 2.13. The van der Waals surface area contributed by atoms with Gasteiger partial charge in [0, 0.05) is 21.1 Å². The first-order chi connectivity index (χ1) is 8.35. The van der Waals surface area contributed by atoms with E-state index in [4.69, 9.17) is 4.55 Å². The minimum absolute atomic E-state index is 0.247. The molecule has 0 fully saturated rings. The lowest BCUT2D eigenvalue weighted by Crippen LogP contribution is -2.16. The van der Waals surface area contributed by atoms with Gasteiger partial charge < -0.3 is 16.0 Å². The molecule has 10 heteroatoms. The topological polar surface area (TPSA) is 136 Å². The van der Waals surface area contributed by atoms with Gasteiger partial charge in [-0.25, -0.2) is 15.1 Å². The van der Waals surface area contributed by atoms with Crippen molar-refractivity contribution in [3.05, 3.63) is 5.82 Å². The van der Waals surface area contributed by atoms with E-state index in [1.165, 1.54) is 0 Å². The van der Waals surface area contributed by atoms with Crippen LogP contribution >= 0.6 is 0 Å². The third kappa shape index (κ3) is 2.78. The van der Waals surface area contributed by atoms with Crippen molar-refractivity contribution >= 4 is 27.4 Å². The summed E-state index contributed by atoms with van der Waals surface area (Å²) < 4.78 is 30.3. The number of hydrogen-bond acceptors (Lipinski definition) is 7. The second kappa shape index (κ2) is 5.33. The van der Waals surface area contributed by atoms with Crippen LogP contribution in [-0.2, 0) is 15.2 Å². The summed E-state index contributed by atoms with van der Waals surface area (Å²) in [5.74, 6) is -0.0436. The maximum absolute atomic E-state index is 11.4. The summed E-state index contributed by atoms with van der Waals surface area (Å²) >= 11 is 0. The molecule has 4 N–H and O–H groups in total. The van der Waals surface area contributed by atoms with Gasteiger partial charge in [-0.2, -0.15) is 8.42 Å². The lowest BCUT2D eigenvalue weighted by atomic mass is 10.4. The molecule has 1 unspecified atom stereocenters. The summed E-state index contributed by atoms with van der Waals surface area (Å²) in [7, 11) is -0.0490. The van der Waals surface area contributed by atoms with Crippen molar-refractivity contribution in [3.8, 4) is 0 Å². The summed E-state index contributed by atoms with van der Waals surface area (Å²) in [6.07, 6.45) is 0. The van der Waals surface area contributed by atoms with Crippen LogP contribution in [0.4, 0.5) is 17.3 Å². The van der Waals surface area contributed by atoms with Gasteiger partial charge in [0.1, 0.15) is 5.69 Å². The van der Waals surface area contributed by atoms with Gasteiger partial charge in [-0.15, -0.1) is 0 Å². The Bertz CT molecular complexity index is 507. The molecule has 1 radical (unpaired) electrons. The number of nitrogens with zero attached hydrogens (tertiary/aromatic N) is 2. The van der Waals surface area contributed by atoms with Crippen molar-refractivity contribution in [3.63, 3.8) is 0 Å². The predicted octanol–water partition coefficient (Wildman–Crippen LogP) is -0.0814. The molecule has 1 aromatic heterocycles. The molecule has 0 spiro atoms. The van der Waals surface area contributed by atoms with Gasteiger partial charge in [0.2, 0.25) is 0 Å². The van der Waals surface area contributed by atoms with Gasteiger partial charge in [-0.05, 0) is 0 Å². The summed E-state index contributed by atoms with van der Waals surface area (Å²) in [6, 6.07) is 0. The number of anilines is 3. The van der Waals surface area contributed by atoms with Crippen LogP contribution in [-0.4, -0.2) is 44.1 Å². The number of rotatable bonds is 5. The molecule has 0 bridgehead atoms. The lowest BCUT2D eigenvalue weighted by Gasteiger charge is -2.14. The summed E-state index contributed by atoms with van der Waals surface area (Å²) in [5, 5.41) is 19.7. The van der Waals surface area contributed by atoms with Gasteiger partial charge in [0.25, 0.3) is 5.44 Å². The Kier molecular flexibility index (Phi) is 4.27. The molecule has 18 heavy (non-hydrogen) atoms. The molecular formula is C8H14N5O4S. The number of nitrogens with one attached hydrogen (secondary N) is 3. The summed E-state index contributed by atoms with van der Waals surface area (Å²) in [5.41, 5.74) is -1.96. The normalized spacial score (nSPS) is 12.9. The first-order valence-electron chi connectivity index (χ1n) is 4.92. The van der Waals surface area contributed by atoms with E-state index in [9.17, 15) is 13.5 Å². The fraction of sp³-hybridized carbons (Fsp3) is 0.500. The molecule has 1 rings (SSSR count). The second-order valence-electron chi connectivity index (χ2n) is 3.25. The minimum Gasteiger partial charge on any atom is -0.382 e. The van der Waals surface area contributed by atoms with E-state index < -0.39 is 21.4 Å². The van der Waals surface area contributed by atoms with Crippen LogP contribution in [0.1, 0.15) is 11.3 Å². The molecule has 0 aliphatic rings. The second-order valence-corrected chi connectivity index (χ2v) is 4.71. The highest BCUT2D eigenvalue weighted by atomic mass is 32.2. The zero-order valence-corrected chi connectivity index (χ0v) is 10.9. The van der Waals surface area contributed by atoms with Crippen molar-refractivity contribution in [1.82, 2.24) is 9.97 Å². The monoisotopic (exact) mass is 276 g/mol.